The van der Waals surface area contributed by atoms with Gasteiger partial charge in [-0.15, -0.1) is 0 Å². The molecule has 1 aliphatic carbocycles. The van der Waals surface area contributed by atoms with Crippen LogP contribution in [0, 0.1) is 11.8 Å². The number of carbonyl (C=O) groups is 1. The molecule has 5 heteroatoms. The fourth-order valence-electron chi connectivity index (χ4n) is 3.34. The largest absolute Gasteiger partial charge is 0.392 e. The molecule has 1 heterocycles. The zero-order valence-corrected chi connectivity index (χ0v) is 13.7. The predicted molar refractivity (Wildman–Crippen MR) is 89.8 cm³/mol. The van der Waals surface area contributed by atoms with Crippen molar-refractivity contribution >= 4 is 16.9 Å². The molecular formula is C18H25N3O2. The fourth-order valence-corrected chi connectivity index (χ4v) is 3.34. The van der Waals surface area contributed by atoms with Crippen molar-refractivity contribution < 1.29 is 9.90 Å². The van der Waals surface area contributed by atoms with Gasteiger partial charge in [-0.25, -0.2) is 4.98 Å². The van der Waals surface area contributed by atoms with Crippen LogP contribution in [-0.4, -0.2) is 27.1 Å². The molecule has 0 saturated heterocycles. The second-order valence-corrected chi connectivity index (χ2v) is 6.62. The molecule has 0 spiro atoms. The van der Waals surface area contributed by atoms with E-state index in [4.69, 9.17) is 0 Å². The number of H-pyrrole nitrogens is 1. The Kier molecular flexibility index (Phi) is 4.66. The SMILES string of the molecule is CCC(C)C(NC(=O)C1CCCC1O)c1nc2ccccc2[nH]1. The molecule has 23 heavy (non-hydrogen) atoms. The molecule has 1 fully saturated rings. The standard InChI is InChI=1S/C18H25N3O2/c1-3-11(2)16(21-18(23)12-7-6-10-15(12)22)17-19-13-8-4-5-9-14(13)20-17/h4-5,8-9,11-12,15-16,22H,3,6-7,10H2,1-2H3,(H,19,20)(H,21,23). The number of benzene rings is 1. The van der Waals surface area contributed by atoms with Crippen LogP contribution in [0.2, 0.25) is 0 Å². The lowest BCUT2D eigenvalue weighted by Crippen LogP contribution is -2.39. The quantitative estimate of drug-likeness (QED) is 0.794. The van der Waals surface area contributed by atoms with Gasteiger partial charge in [-0.2, -0.15) is 0 Å². The Morgan fingerprint density at radius 3 is 2.87 bits per heavy atom. The van der Waals surface area contributed by atoms with E-state index < -0.39 is 6.10 Å². The molecule has 5 nitrogen and oxygen atoms in total. The maximum absolute atomic E-state index is 12.6. The van der Waals surface area contributed by atoms with Gasteiger partial charge in [0.05, 0.1) is 29.1 Å². The van der Waals surface area contributed by atoms with Gasteiger partial charge >= 0.3 is 0 Å². The lowest BCUT2D eigenvalue weighted by Gasteiger charge is -2.25. The molecule has 1 amide bonds. The minimum Gasteiger partial charge on any atom is -0.392 e. The number of hydrogen-bond donors (Lipinski definition) is 3. The van der Waals surface area contributed by atoms with Crippen LogP contribution in [0.4, 0.5) is 0 Å². The van der Waals surface area contributed by atoms with Crippen molar-refractivity contribution in [3.8, 4) is 0 Å². The third-order valence-corrected chi connectivity index (χ3v) is 5.03. The van der Waals surface area contributed by atoms with Crippen molar-refractivity contribution in [2.24, 2.45) is 11.8 Å². The number of nitrogens with one attached hydrogen (secondary N) is 2. The van der Waals surface area contributed by atoms with E-state index in [-0.39, 0.29) is 23.8 Å². The molecule has 0 aliphatic heterocycles. The van der Waals surface area contributed by atoms with Crippen LogP contribution < -0.4 is 5.32 Å². The average Bonchev–Trinajstić information content (AvgIpc) is 3.17. The molecule has 1 aliphatic rings. The van der Waals surface area contributed by atoms with Crippen molar-refractivity contribution in [3.63, 3.8) is 0 Å². The van der Waals surface area contributed by atoms with Crippen molar-refractivity contribution in [2.75, 3.05) is 0 Å². The van der Waals surface area contributed by atoms with Crippen LogP contribution in [0.5, 0.6) is 0 Å². The number of aliphatic hydroxyl groups excluding tert-OH is 1. The van der Waals surface area contributed by atoms with E-state index in [9.17, 15) is 9.90 Å². The highest BCUT2D eigenvalue weighted by Crippen LogP contribution is 2.29. The van der Waals surface area contributed by atoms with Gasteiger partial charge in [0.15, 0.2) is 0 Å². The van der Waals surface area contributed by atoms with Crippen molar-refractivity contribution in [2.45, 2.75) is 51.7 Å². The van der Waals surface area contributed by atoms with E-state index in [1.54, 1.807) is 0 Å². The summed E-state index contributed by atoms with van der Waals surface area (Å²) in [6, 6.07) is 7.72. The molecule has 0 bridgehead atoms. The highest BCUT2D eigenvalue weighted by molar-refractivity contribution is 5.80. The number of rotatable bonds is 5. The van der Waals surface area contributed by atoms with Gasteiger partial charge in [-0.1, -0.05) is 32.4 Å². The van der Waals surface area contributed by atoms with E-state index in [0.29, 0.717) is 0 Å². The van der Waals surface area contributed by atoms with Gasteiger partial charge in [0.25, 0.3) is 0 Å². The van der Waals surface area contributed by atoms with E-state index in [1.165, 1.54) is 0 Å². The number of carbonyl (C=O) groups excluding carboxylic acids is 1. The molecule has 0 radical (unpaired) electrons. The van der Waals surface area contributed by atoms with Gasteiger partial charge in [0.2, 0.25) is 5.91 Å². The smallest absolute Gasteiger partial charge is 0.226 e. The zero-order valence-electron chi connectivity index (χ0n) is 13.7. The Hall–Kier alpha value is -1.88. The number of amides is 1. The van der Waals surface area contributed by atoms with Crippen LogP contribution in [0.15, 0.2) is 24.3 Å². The summed E-state index contributed by atoms with van der Waals surface area (Å²) in [5.74, 6) is 0.714. The van der Waals surface area contributed by atoms with Crippen LogP contribution in [-0.2, 0) is 4.79 Å². The highest BCUT2D eigenvalue weighted by atomic mass is 16.3. The first-order valence-corrected chi connectivity index (χ1v) is 8.53. The highest BCUT2D eigenvalue weighted by Gasteiger charge is 2.34. The van der Waals surface area contributed by atoms with Crippen LogP contribution in [0.1, 0.15) is 51.4 Å². The molecule has 1 saturated carbocycles. The van der Waals surface area contributed by atoms with Crippen LogP contribution >= 0.6 is 0 Å². The number of aromatic amines is 1. The van der Waals surface area contributed by atoms with Gasteiger partial charge in [0, 0.05) is 0 Å². The van der Waals surface area contributed by atoms with Gasteiger partial charge in [0.1, 0.15) is 5.82 Å². The molecule has 124 valence electrons. The summed E-state index contributed by atoms with van der Waals surface area (Å²) in [5.41, 5.74) is 1.89. The molecule has 1 aromatic carbocycles. The zero-order chi connectivity index (χ0) is 16.4. The first-order chi connectivity index (χ1) is 11.1. The Morgan fingerprint density at radius 1 is 1.43 bits per heavy atom. The van der Waals surface area contributed by atoms with Crippen molar-refractivity contribution in [1.82, 2.24) is 15.3 Å². The third-order valence-electron chi connectivity index (χ3n) is 5.03. The summed E-state index contributed by atoms with van der Waals surface area (Å²) in [7, 11) is 0. The van der Waals surface area contributed by atoms with Crippen LogP contribution in [0.25, 0.3) is 11.0 Å². The molecule has 1 aromatic heterocycles. The summed E-state index contributed by atoms with van der Waals surface area (Å²) < 4.78 is 0. The van der Waals surface area contributed by atoms with E-state index in [0.717, 1.165) is 42.5 Å². The van der Waals surface area contributed by atoms with E-state index in [1.807, 2.05) is 24.3 Å². The van der Waals surface area contributed by atoms with E-state index in [2.05, 4.69) is 29.1 Å². The van der Waals surface area contributed by atoms with Gasteiger partial charge in [-0.05, 0) is 37.3 Å². The molecule has 4 atom stereocenters. The summed E-state index contributed by atoms with van der Waals surface area (Å²) in [5, 5.41) is 13.1. The van der Waals surface area contributed by atoms with Crippen LogP contribution in [0.3, 0.4) is 0 Å². The Bertz CT molecular complexity index is 649. The summed E-state index contributed by atoms with van der Waals surface area (Å²) >= 11 is 0. The van der Waals surface area contributed by atoms with Gasteiger partial charge < -0.3 is 15.4 Å². The first-order valence-electron chi connectivity index (χ1n) is 8.53. The number of hydrogen-bond acceptors (Lipinski definition) is 3. The lowest BCUT2D eigenvalue weighted by atomic mass is 9.96. The summed E-state index contributed by atoms with van der Waals surface area (Å²) in [6.07, 6.45) is 2.83. The monoisotopic (exact) mass is 315 g/mol. The molecule has 3 N–H and O–H groups in total. The molecule has 4 unspecified atom stereocenters. The number of fused-ring (bicyclic) bond motifs is 1. The Morgan fingerprint density at radius 2 is 2.22 bits per heavy atom. The lowest BCUT2D eigenvalue weighted by molar-refractivity contribution is -0.128. The molecule has 2 aromatic rings. The topological polar surface area (TPSA) is 78.0 Å². The number of aromatic nitrogens is 2. The third kappa shape index (κ3) is 3.24. The number of nitrogens with zero attached hydrogens (tertiary/aromatic N) is 1. The minimum absolute atomic E-state index is 0.0549. The second-order valence-electron chi connectivity index (χ2n) is 6.62. The Labute approximate surface area is 136 Å². The average molecular weight is 315 g/mol. The summed E-state index contributed by atoms with van der Waals surface area (Å²) in [6.45, 7) is 4.22. The first kappa shape index (κ1) is 16.0. The van der Waals surface area contributed by atoms with Crippen molar-refractivity contribution in [3.05, 3.63) is 30.1 Å². The number of para-hydroxylation sites is 2. The normalized spacial score (nSPS) is 23.8. The predicted octanol–water partition coefficient (Wildman–Crippen LogP) is 2.93. The fraction of sp³-hybridized carbons (Fsp3) is 0.556. The van der Waals surface area contributed by atoms with Crippen molar-refractivity contribution in [1.29, 1.82) is 0 Å². The van der Waals surface area contributed by atoms with E-state index >= 15 is 0 Å². The molecular weight excluding hydrogens is 290 g/mol. The number of imidazole rings is 1. The molecule has 3 rings (SSSR count). The maximum atomic E-state index is 12.6. The maximum Gasteiger partial charge on any atom is 0.226 e. The Balaban J connectivity index is 1.84. The van der Waals surface area contributed by atoms with Gasteiger partial charge in [-0.3, -0.25) is 4.79 Å². The summed E-state index contributed by atoms with van der Waals surface area (Å²) in [4.78, 5) is 20.5. The second kappa shape index (κ2) is 6.71. The number of aliphatic hydroxyl groups is 1. The minimum atomic E-state index is -0.511.